The van der Waals surface area contributed by atoms with Gasteiger partial charge in [-0.05, 0) is 31.2 Å². The Hall–Kier alpha value is -3.15. The van der Waals surface area contributed by atoms with Crippen LogP contribution in [-0.4, -0.2) is 24.0 Å². The number of hydrogen-bond acceptors (Lipinski definition) is 6. The molecule has 0 radical (unpaired) electrons. The monoisotopic (exact) mass is 342 g/mol. The van der Waals surface area contributed by atoms with Crippen LogP contribution in [0.4, 0.5) is 0 Å². The van der Waals surface area contributed by atoms with E-state index in [-0.39, 0.29) is 12.8 Å². The minimum atomic E-state index is -1.07. The van der Waals surface area contributed by atoms with E-state index in [1.165, 1.54) is 6.92 Å². The summed E-state index contributed by atoms with van der Waals surface area (Å²) in [6.45, 7) is 1.41. The maximum Gasteiger partial charge on any atom is 0.352 e. The van der Waals surface area contributed by atoms with Crippen LogP contribution in [0.3, 0.4) is 0 Å². The molecule has 130 valence electrons. The molecule has 0 spiro atoms. The summed E-state index contributed by atoms with van der Waals surface area (Å²) in [7, 11) is 0. The molecule has 1 unspecified atom stereocenters. The second-order valence-electron chi connectivity index (χ2n) is 5.15. The van der Waals surface area contributed by atoms with E-state index in [2.05, 4.69) is 0 Å². The largest absolute Gasteiger partial charge is 0.451 e. The number of para-hydroxylation sites is 2. The van der Waals surface area contributed by atoms with Crippen molar-refractivity contribution in [1.82, 2.24) is 0 Å². The lowest BCUT2D eigenvalue weighted by molar-refractivity contribution is -0.161. The summed E-state index contributed by atoms with van der Waals surface area (Å²) in [6, 6.07) is 17.0. The van der Waals surface area contributed by atoms with Crippen LogP contribution >= 0.6 is 0 Å². The van der Waals surface area contributed by atoms with Gasteiger partial charge in [0, 0.05) is 0 Å². The molecule has 1 atom stereocenters. The maximum atomic E-state index is 11.8. The summed E-state index contributed by atoms with van der Waals surface area (Å²) in [5, 5.41) is 0. The van der Waals surface area contributed by atoms with Gasteiger partial charge in [0.1, 0.15) is 11.5 Å². The fourth-order valence-corrected chi connectivity index (χ4v) is 1.87. The van der Waals surface area contributed by atoms with E-state index in [1.54, 1.807) is 60.7 Å². The lowest BCUT2D eigenvalue weighted by Gasteiger charge is -2.12. The molecule has 6 heteroatoms. The predicted molar refractivity (Wildman–Crippen MR) is 88.9 cm³/mol. The van der Waals surface area contributed by atoms with Crippen molar-refractivity contribution in [1.29, 1.82) is 0 Å². The van der Waals surface area contributed by atoms with Crippen LogP contribution in [0.5, 0.6) is 11.5 Å². The smallest absolute Gasteiger partial charge is 0.352 e. The van der Waals surface area contributed by atoms with Gasteiger partial charge in [0.05, 0.1) is 12.8 Å². The van der Waals surface area contributed by atoms with Gasteiger partial charge in [-0.1, -0.05) is 36.4 Å². The second kappa shape index (κ2) is 9.22. The minimum Gasteiger partial charge on any atom is -0.451 e. The van der Waals surface area contributed by atoms with Crippen LogP contribution in [0, 0.1) is 0 Å². The highest BCUT2D eigenvalue weighted by atomic mass is 16.6. The van der Waals surface area contributed by atoms with E-state index in [9.17, 15) is 14.4 Å². The number of rotatable bonds is 7. The summed E-state index contributed by atoms with van der Waals surface area (Å²) in [6.07, 6.45) is -1.40. The highest BCUT2D eigenvalue weighted by Crippen LogP contribution is 2.12. The van der Waals surface area contributed by atoms with Crippen LogP contribution in [0.15, 0.2) is 60.7 Å². The standard InChI is InChI=1S/C19H18O6/c1-14(19(22)25-16-10-6-3-7-11-16)23-17(20)12-13-18(21)24-15-8-4-2-5-9-15/h2-11,14H,12-13H2,1H3. The predicted octanol–water partition coefficient (Wildman–Crippen LogP) is 2.91. The topological polar surface area (TPSA) is 78.9 Å². The van der Waals surface area contributed by atoms with Crippen molar-refractivity contribution in [2.24, 2.45) is 0 Å². The summed E-state index contributed by atoms with van der Waals surface area (Å²) < 4.78 is 15.1. The van der Waals surface area contributed by atoms with Crippen LogP contribution in [0.2, 0.25) is 0 Å². The van der Waals surface area contributed by atoms with Gasteiger partial charge < -0.3 is 14.2 Å². The highest BCUT2D eigenvalue weighted by molar-refractivity contribution is 5.82. The molecule has 0 saturated heterocycles. The van der Waals surface area contributed by atoms with E-state index >= 15 is 0 Å². The molecule has 0 heterocycles. The van der Waals surface area contributed by atoms with Crippen molar-refractivity contribution in [2.45, 2.75) is 25.9 Å². The molecule has 25 heavy (non-hydrogen) atoms. The minimum absolute atomic E-state index is 0.145. The molecule has 0 aliphatic carbocycles. The van der Waals surface area contributed by atoms with Crippen molar-refractivity contribution in [3.63, 3.8) is 0 Å². The highest BCUT2D eigenvalue weighted by Gasteiger charge is 2.20. The number of ether oxygens (including phenoxy) is 3. The van der Waals surface area contributed by atoms with Gasteiger partial charge >= 0.3 is 17.9 Å². The molecule has 0 aliphatic rings. The quantitative estimate of drug-likeness (QED) is 0.569. The van der Waals surface area contributed by atoms with E-state index in [0.29, 0.717) is 11.5 Å². The molecular weight excluding hydrogens is 324 g/mol. The molecule has 0 bridgehead atoms. The van der Waals surface area contributed by atoms with Crippen LogP contribution in [0.25, 0.3) is 0 Å². The summed E-state index contributed by atoms with van der Waals surface area (Å²) in [5.74, 6) is -1.15. The zero-order chi connectivity index (χ0) is 18.1. The average molecular weight is 342 g/mol. The van der Waals surface area contributed by atoms with Crippen molar-refractivity contribution in [3.05, 3.63) is 60.7 Å². The van der Waals surface area contributed by atoms with Gasteiger partial charge in [-0.3, -0.25) is 9.59 Å². The third-order valence-corrected chi connectivity index (χ3v) is 3.11. The molecule has 6 nitrogen and oxygen atoms in total. The SMILES string of the molecule is CC(OC(=O)CCC(=O)Oc1ccccc1)C(=O)Oc1ccccc1. The number of carbonyl (C=O) groups is 3. The first kappa shape index (κ1) is 18.2. The Morgan fingerprint density at radius 3 is 1.80 bits per heavy atom. The molecule has 0 saturated carbocycles. The van der Waals surface area contributed by atoms with Crippen LogP contribution in [0.1, 0.15) is 19.8 Å². The van der Waals surface area contributed by atoms with Crippen molar-refractivity contribution >= 4 is 17.9 Å². The van der Waals surface area contributed by atoms with Gasteiger partial charge in [0.25, 0.3) is 0 Å². The Kier molecular flexibility index (Phi) is 6.71. The number of carbonyl (C=O) groups excluding carboxylic acids is 3. The zero-order valence-electron chi connectivity index (χ0n) is 13.7. The Labute approximate surface area is 145 Å². The fraction of sp³-hybridized carbons (Fsp3) is 0.211. The van der Waals surface area contributed by atoms with E-state index in [1.807, 2.05) is 0 Å². The van der Waals surface area contributed by atoms with Gasteiger partial charge in [-0.15, -0.1) is 0 Å². The Morgan fingerprint density at radius 2 is 1.24 bits per heavy atom. The third-order valence-electron chi connectivity index (χ3n) is 3.11. The lowest BCUT2D eigenvalue weighted by atomic mass is 10.3. The summed E-state index contributed by atoms with van der Waals surface area (Å²) in [4.78, 5) is 35.2. The van der Waals surface area contributed by atoms with Crippen molar-refractivity contribution < 1.29 is 28.6 Å². The van der Waals surface area contributed by atoms with Gasteiger partial charge in [0.15, 0.2) is 6.10 Å². The third kappa shape index (κ3) is 6.47. The van der Waals surface area contributed by atoms with Crippen LogP contribution in [-0.2, 0) is 19.1 Å². The number of benzene rings is 2. The Balaban J connectivity index is 1.72. The maximum absolute atomic E-state index is 11.8. The van der Waals surface area contributed by atoms with E-state index < -0.39 is 24.0 Å². The molecule has 0 fully saturated rings. The fourth-order valence-electron chi connectivity index (χ4n) is 1.87. The van der Waals surface area contributed by atoms with E-state index in [4.69, 9.17) is 14.2 Å². The zero-order valence-corrected chi connectivity index (χ0v) is 13.7. The number of esters is 3. The van der Waals surface area contributed by atoms with Gasteiger partial charge in [-0.2, -0.15) is 0 Å². The lowest BCUT2D eigenvalue weighted by Crippen LogP contribution is -2.28. The Morgan fingerprint density at radius 1 is 0.760 bits per heavy atom. The molecule has 2 rings (SSSR count). The molecule has 2 aromatic rings. The first-order chi connectivity index (χ1) is 12.0. The molecule has 0 amide bonds. The first-order valence-electron chi connectivity index (χ1n) is 7.76. The summed E-state index contributed by atoms with van der Waals surface area (Å²) >= 11 is 0. The first-order valence-corrected chi connectivity index (χ1v) is 7.76. The molecule has 0 aromatic heterocycles. The van der Waals surface area contributed by atoms with Gasteiger partial charge in [-0.25, -0.2) is 4.79 Å². The van der Waals surface area contributed by atoms with Crippen molar-refractivity contribution in [3.8, 4) is 11.5 Å². The molecule has 2 aromatic carbocycles. The second-order valence-corrected chi connectivity index (χ2v) is 5.15. The summed E-state index contributed by atoms with van der Waals surface area (Å²) in [5.41, 5.74) is 0. The molecule has 0 N–H and O–H groups in total. The van der Waals surface area contributed by atoms with E-state index in [0.717, 1.165) is 0 Å². The average Bonchev–Trinajstić information content (AvgIpc) is 2.61. The van der Waals surface area contributed by atoms with Crippen LogP contribution < -0.4 is 9.47 Å². The van der Waals surface area contributed by atoms with Crippen molar-refractivity contribution in [2.75, 3.05) is 0 Å². The number of hydrogen-bond donors (Lipinski definition) is 0. The van der Waals surface area contributed by atoms with Gasteiger partial charge in [0.2, 0.25) is 0 Å². The molecule has 0 aliphatic heterocycles. The molecular formula is C19H18O6. The Bertz CT molecular complexity index is 711. The normalized spacial score (nSPS) is 11.2.